The molecule has 2 aromatic rings. The van der Waals surface area contributed by atoms with E-state index in [1.165, 1.54) is 0 Å². The van der Waals surface area contributed by atoms with E-state index < -0.39 is 33.6 Å². The van der Waals surface area contributed by atoms with E-state index >= 15 is 0 Å². The molecule has 1 heterocycles. The first-order valence-electron chi connectivity index (χ1n) is 4.39. The van der Waals surface area contributed by atoms with Gasteiger partial charge in [-0.05, 0) is 6.07 Å². The zero-order valence-electron chi connectivity index (χ0n) is 8.12. The Morgan fingerprint density at radius 1 is 1.47 bits per heavy atom. The smallest absolute Gasteiger partial charge is 0.341 e. The van der Waals surface area contributed by atoms with E-state index in [1.54, 1.807) is 0 Å². The monoisotopic (exact) mass is 257 g/mol. The van der Waals surface area contributed by atoms with E-state index in [-0.39, 0.29) is 10.9 Å². The number of aromatic carboxylic acids is 1. The summed E-state index contributed by atoms with van der Waals surface area (Å²) in [5.74, 6) is -3.07. The number of aromatic nitrogens is 1. The highest BCUT2D eigenvalue weighted by Gasteiger charge is 2.17. The Morgan fingerprint density at radius 3 is 2.71 bits per heavy atom. The van der Waals surface area contributed by atoms with Gasteiger partial charge in [0.05, 0.1) is 10.9 Å². The lowest BCUT2D eigenvalue weighted by Gasteiger charge is -2.04. The second-order valence-corrected chi connectivity index (χ2v) is 3.66. The summed E-state index contributed by atoms with van der Waals surface area (Å²) in [6.07, 6.45) is 0.918. The van der Waals surface area contributed by atoms with E-state index in [0.29, 0.717) is 0 Å². The Morgan fingerprint density at radius 2 is 2.12 bits per heavy atom. The molecule has 0 bridgehead atoms. The van der Waals surface area contributed by atoms with Gasteiger partial charge in [-0.2, -0.15) is 0 Å². The number of carboxylic acid groups (broad SMARTS) is 1. The molecule has 0 saturated carbocycles. The van der Waals surface area contributed by atoms with Crippen molar-refractivity contribution in [1.82, 2.24) is 4.98 Å². The molecule has 0 amide bonds. The number of rotatable bonds is 1. The van der Waals surface area contributed by atoms with Gasteiger partial charge in [0.25, 0.3) is 0 Å². The standard InChI is InChI=1S/C10H5ClFNO4/c11-6-5(12)1-3-7(9(6)15)13-2-4(8(3)14)10(16)17/h1-2,15H,(H,13,14)(H,16,17). The molecule has 0 aliphatic carbocycles. The molecule has 5 nitrogen and oxygen atoms in total. The maximum Gasteiger partial charge on any atom is 0.341 e. The van der Waals surface area contributed by atoms with Gasteiger partial charge >= 0.3 is 5.97 Å². The van der Waals surface area contributed by atoms with Crippen LogP contribution in [0.1, 0.15) is 10.4 Å². The number of phenols is 1. The van der Waals surface area contributed by atoms with Crippen LogP contribution in [0, 0.1) is 5.82 Å². The molecule has 88 valence electrons. The Balaban J connectivity index is 2.98. The van der Waals surface area contributed by atoms with E-state index in [9.17, 15) is 19.1 Å². The first-order chi connectivity index (χ1) is 7.93. The number of benzene rings is 1. The molecule has 0 unspecified atom stereocenters. The molecule has 0 aliphatic rings. The average molecular weight is 258 g/mol. The third-order valence-corrected chi connectivity index (χ3v) is 2.63. The van der Waals surface area contributed by atoms with Crippen molar-refractivity contribution in [3.63, 3.8) is 0 Å². The molecule has 0 aliphatic heterocycles. The van der Waals surface area contributed by atoms with Gasteiger partial charge in [-0.15, -0.1) is 0 Å². The molecule has 3 N–H and O–H groups in total. The first-order valence-corrected chi connectivity index (χ1v) is 4.77. The van der Waals surface area contributed by atoms with Gasteiger partial charge in [0, 0.05) is 6.20 Å². The molecule has 1 aromatic heterocycles. The van der Waals surface area contributed by atoms with Crippen LogP contribution in [0.4, 0.5) is 4.39 Å². The van der Waals surface area contributed by atoms with Crippen LogP contribution in [0.3, 0.4) is 0 Å². The van der Waals surface area contributed by atoms with Crippen LogP contribution in [-0.2, 0) is 0 Å². The third kappa shape index (κ3) is 1.62. The van der Waals surface area contributed by atoms with Crippen molar-refractivity contribution in [2.24, 2.45) is 0 Å². The highest BCUT2D eigenvalue weighted by atomic mass is 35.5. The number of H-pyrrole nitrogens is 1. The van der Waals surface area contributed by atoms with Crippen LogP contribution in [0.5, 0.6) is 5.75 Å². The number of hydrogen-bond donors (Lipinski definition) is 3. The highest BCUT2D eigenvalue weighted by molar-refractivity contribution is 6.33. The van der Waals surface area contributed by atoms with Crippen molar-refractivity contribution >= 4 is 28.5 Å². The average Bonchev–Trinajstić information content (AvgIpc) is 2.27. The summed E-state index contributed by atoms with van der Waals surface area (Å²) >= 11 is 5.45. The number of aromatic amines is 1. The van der Waals surface area contributed by atoms with Crippen molar-refractivity contribution in [2.45, 2.75) is 0 Å². The number of hydrogen-bond acceptors (Lipinski definition) is 3. The summed E-state index contributed by atoms with van der Waals surface area (Å²) < 4.78 is 13.2. The highest BCUT2D eigenvalue weighted by Crippen LogP contribution is 2.32. The molecule has 0 fully saturated rings. The largest absolute Gasteiger partial charge is 0.504 e. The second-order valence-electron chi connectivity index (χ2n) is 3.28. The maximum absolute atomic E-state index is 13.2. The molecule has 2 rings (SSSR count). The summed E-state index contributed by atoms with van der Waals surface area (Å²) in [5, 5.41) is 17.4. The number of nitrogens with one attached hydrogen (secondary N) is 1. The molecule has 0 saturated heterocycles. The molecule has 1 aromatic carbocycles. The van der Waals surface area contributed by atoms with E-state index in [0.717, 1.165) is 12.3 Å². The SMILES string of the molecule is O=C(O)c1c[nH]c2c(O)c(Cl)c(F)cc2c1=O. The van der Waals surface area contributed by atoms with E-state index in [1.807, 2.05) is 0 Å². The minimum Gasteiger partial charge on any atom is -0.504 e. The number of pyridine rings is 1. The molecule has 7 heteroatoms. The van der Waals surface area contributed by atoms with Crippen LogP contribution in [0.2, 0.25) is 5.02 Å². The van der Waals surface area contributed by atoms with Gasteiger partial charge in [-0.25, -0.2) is 9.18 Å². The lowest BCUT2D eigenvalue weighted by molar-refractivity contribution is 0.0695. The fourth-order valence-corrected chi connectivity index (χ4v) is 1.60. The number of carboxylic acids is 1. The van der Waals surface area contributed by atoms with E-state index in [2.05, 4.69) is 4.98 Å². The van der Waals surface area contributed by atoms with Crippen molar-refractivity contribution < 1.29 is 19.4 Å². The predicted molar refractivity (Wildman–Crippen MR) is 58.2 cm³/mol. The number of carbonyl (C=O) groups is 1. The van der Waals surface area contributed by atoms with Crippen LogP contribution in [0.15, 0.2) is 17.1 Å². The lowest BCUT2D eigenvalue weighted by Crippen LogP contribution is -2.15. The Hall–Kier alpha value is -2.08. The molecular formula is C10H5ClFNO4. The quantitative estimate of drug-likeness (QED) is 0.725. The summed E-state index contributed by atoms with van der Waals surface area (Å²) in [6, 6.07) is 0.780. The van der Waals surface area contributed by atoms with Crippen molar-refractivity contribution in [1.29, 1.82) is 0 Å². The molecule has 17 heavy (non-hydrogen) atoms. The minimum absolute atomic E-state index is 0.105. The Labute approximate surface area is 98.1 Å². The predicted octanol–water partition coefficient (Wildman–Crippen LogP) is 1.72. The topological polar surface area (TPSA) is 90.4 Å². The van der Waals surface area contributed by atoms with Gasteiger partial charge in [0.1, 0.15) is 16.4 Å². The van der Waals surface area contributed by atoms with Crippen LogP contribution < -0.4 is 5.43 Å². The summed E-state index contributed by atoms with van der Waals surface area (Å²) in [6.45, 7) is 0. The summed E-state index contributed by atoms with van der Waals surface area (Å²) in [4.78, 5) is 24.8. The minimum atomic E-state index is -1.44. The van der Waals surface area contributed by atoms with Crippen molar-refractivity contribution in [3.8, 4) is 5.75 Å². The molecular weight excluding hydrogens is 253 g/mol. The van der Waals surface area contributed by atoms with Crippen LogP contribution >= 0.6 is 11.6 Å². The second kappa shape index (κ2) is 3.74. The van der Waals surface area contributed by atoms with Gasteiger partial charge in [0.15, 0.2) is 5.75 Å². The van der Waals surface area contributed by atoms with Crippen molar-refractivity contribution in [2.75, 3.05) is 0 Å². The summed E-state index contributed by atoms with van der Waals surface area (Å²) in [7, 11) is 0. The van der Waals surface area contributed by atoms with Gasteiger partial charge < -0.3 is 15.2 Å². The normalized spacial score (nSPS) is 10.7. The molecule has 0 radical (unpaired) electrons. The zero-order valence-corrected chi connectivity index (χ0v) is 8.88. The fraction of sp³-hybridized carbons (Fsp3) is 0. The number of fused-ring (bicyclic) bond motifs is 1. The Kier molecular flexibility index (Phi) is 2.51. The molecule has 0 atom stereocenters. The number of aromatic hydroxyl groups is 1. The fourth-order valence-electron chi connectivity index (χ4n) is 1.45. The van der Waals surface area contributed by atoms with Crippen LogP contribution in [-0.4, -0.2) is 21.2 Å². The van der Waals surface area contributed by atoms with Crippen LogP contribution in [0.25, 0.3) is 10.9 Å². The zero-order chi connectivity index (χ0) is 12.7. The molecule has 0 spiro atoms. The van der Waals surface area contributed by atoms with Gasteiger partial charge in [0.2, 0.25) is 5.43 Å². The van der Waals surface area contributed by atoms with Crippen molar-refractivity contribution in [3.05, 3.63) is 38.9 Å². The summed E-state index contributed by atoms with van der Waals surface area (Å²) in [5.41, 5.74) is -1.54. The first kappa shape index (κ1) is 11.4. The Bertz CT molecular complexity index is 695. The van der Waals surface area contributed by atoms with Gasteiger partial charge in [-0.1, -0.05) is 11.6 Å². The third-order valence-electron chi connectivity index (χ3n) is 2.28. The van der Waals surface area contributed by atoms with Gasteiger partial charge in [-0.3, -0.25) is 4.79 Å². The number of halogens is 2. The number of phenolic OH excluding ortho intramolecular Hbond substituents is 1. The maximum atomic E-state index is 13.2. The van der Waals surface area contributed by atoms with E-state index in [4.69, 9.17) is 16.7 Å². The lowest BCUT2D eigenvalue weighted by atomic mass is 10.1.